The fraction of sp³-hybridized carbons (Fsp3) is 0.273. The molecule has 2 aromatic carbocycles. The van der Waals surface area contributed by atoms with Crippen molar-refractivity contribution < 1.29 is 9.84 Å². The lowest BCUT2D eigenvalue weighted by Crippen LogP contribution is -2.13. The summed E-state index contributed by atoms with van der Waals surface area (Å²) in [5.74, 6) is 1.28. The predicted octanol–water partition coefficient (Wildman–Crippen LogP) is 5.12. The minimum atomic E-state index is 0.103. The van der Waals surface area contributed by atoms with Gasteiger partial charge in [-0.05, 0) is 37.1 Å². The molecule has 140 valence electrons. The van der Waals surface area contributed by atoms with Gasteiger partial charge in [-0.1, -0.05) is 43.7 Å². The summed E-state index contributed by atoms with van der Waals surface area (Å²) in [6.07, 6.45) is 3.81. The van der Waals surface area contributed by atoms with Crippen LogP contribution in [0.5, 0.6) is 11.5 Å². The summed E-state index contributed by atoms with van der Waals surface area (Å²) in [6, 6.07) is 15.7. The highest BCUT2D eigenvalue weighted by atomic mass is 16.5. The molecule has 1 unspecified atom stereocenters. The van der Waals surface area contributed by atoms with E-state index >= 15 is 0 Å². The number of benzene rings is 2. The summed E-state index contributed by atoms with van der Waals surface area (Å²) >= 11 is 0. The van der Waals surface area contributed by atoms with E-state index in [1.54, 1.807) is 18.3 Å². The summed E-state index contributed by atoms with van der Waals surface area (Å²) in [7, 11) is 1.53. The lowest BCUT2D eigenvalue weighted by molar-refractivity contribution is 0.373. The number of aromatic nitrogens is 2. The second-order valence-electron chi connectivity index (χ2n) is 6.47. The lowest BCUT2D eigenvalue weighted by Gasteiger charge is -2.20. The van der Waals surface area contributed by atoms with Crippen molar-refractivity contribution in [3.63, 3.8) is 0 Å². The molecule has 5 nitrogen and oxygen atoms in total. The zero-order valence-electron chi connectivity index (χ0n) is 15.9. The number of aromatic hydroxyl groups is 1. The van der Waals surface area contributed by atoms with Gasteiger partial charge < -0.3 is 15.2 Å². The lowest BCUT2D eigenvalue weighted by atomic mass is 10.0. The number of ether oxygens (including phenoxy) is 1. The van der Waals surface area contributed by atoms with Gasteiger partial charge in [0, 0.05) is 5.56 Å². The molecule has 0 saturated carbocycles. The molecule has 0 amide bonds. The molecule has 5 heteroatoms. The molecular formula is C22H25N3O2. The number of hydrogen-bond acceptors (Lipinski definition) is 5. The molecule has 0 saturated heterocycles. The molecule has 1 atom stereocenters. The van der Waals surface area contributed by atoms with Crippen LogP contribution in [-0.2, 0) is 0 Å². The SMILES string of the molecule is CCCC(Nc1nc(-c2ccc(O)c(OC)c2)cnc1C)c1ccccc1. The first-order valence-electron chi connectivity index (χ1n) is 9.15. The Morgan fingerprint density at radius 1 is 1.15 bits per heavy atom. The van der Waals surface area contributed by atoms with Gasteiger partial charge in [0.05, 0.1) is 30.7 Å². The van der Waals surface area contributed by atoms with Gasteiger partial charge in [0.1, 0.15) is 5.82 Å². The average Bonchev–Trinajstić information content (AvgIpc) is 2.70. The molecule has 0 aliphatic heterocycles. The van der Waals surface area contributed by atoms with E-state index in [2.05, 4.69) is 41.5 Å². The minimum absolute atomic E-state index is 0.103. The number of methoxy groups -OCH3 is 1. The molecule has 0 aliphatic carbocycles. The van der Waals surface area contributed by atoms with Crippen molar-refractivity contribution in [1.82, 2.24) is 9.97 Å². The van der Waals surface area contributed by atoms with Gasteiger partial charge >= 0.3 is 0 Å². The van der Waals surface area contributed by atoms with Gasteiger partial charge in [-0.25, -0.2) is 4.98 Å². The van der Waals surface area contributed by atoms with Crippen molar-refractivity contribution in [3.05, 3.63) is 66.0 Å². The number of rotatable bonds is 7. The Balaban J connectivity index is 1.93. The summed E-state index contributed by atoms with van der Waals surface area (Å²) in [6.45, 7) is 4.12. The third kappa shape index (κ3) is 4.37. The first-order valence-corrected chi connectivity index (χ1v) is 9.15. The minimum Gasteiger partial charge on any atom is -0.504 e. The van der Waals surface area contributed by atoms with Gasteiger partial charge in [0.25, 0.3) is 0 Å². The molecule has 0 spiro atoms. The fourth-order valence-electron chi connectivity index (χ4n) is 3.02. The van der Waals surface area contributed by atoms with Gasteiger partial charge in [0.15, 0.2) is 11.5 Å². The smallest absolute Gasteiger partial charge is 0.161 e. The average molecular weight is 363 g/mol. The Bertz CT molecular complexity index is 897. The highest BCUT2D eigenvalue weighted by molar-refractivity contribution is 5.65. The number of phenolic OH excluding ortho intramolecular Hbond substituents is 1. The van der Waals surface area contributed by atoms with Crippen molar-refractivity contribution >= 4 is 5.82 Å². The van der Waals surface area contributed by atoms with E-state index in [1.165, 1.54) is 12.7 Å². The van der Waals surface area contributed by atoms with E-state index < -0.39 is 0 Å². The van der Waals surface area contributed by atoms with Crippen LogP contribution in [0.15, 0.2) is 54.7 Å². The standard InChI is InChI=1S/C22H25N3O2/c1-4-8-18(16-9-6-5-7-10-16)24-22-15(2)23-14-19(25-22)17-11-12-20(26)21(13-17)27-3/h5-7,9-14,18,26H,4,8H2,1-3H3,(H,24,25). The van der Waals surface area contributed by atoms with Gasteiger partial charge in [0.2, 0.25) is 0 Å². The van der Waals surface area contributed by atoms with E-state index in [-0.39, 0.29) is 11.8 Å². The molecular weight excluding hydrogens is 338 g/mol. The summed E-state index contributed by atoms with van der Waals surface area (Å²) in [5, 5.41) is 13.4. The summed E-state index contributed by atoms with van der Waals surface area (Å²) in [5.41, 5.74) is 3.65. The Hall–Kier alpha value is -3.08. The second kappa shape index (κ2) is 8.54. The normalized spacial score (nSPS) is 11.8. The molecule has 0 fully saturated rings. The van der Waals surface area contributed by atoms with E-state index in [0.29, 0.717) is 5.75 Å². The maximum absolute atomic E-state index is 9.81. The highest BCUT2D eigenvalue weighted by Gasteiger charge is 2.14. The quantitative estimate of drug-likeness (QED) is 0.610. The summed E-state index contributed by atoms with van der Waals surface area (Å²) < 4.78 is 5.20. The predicted molar refractivity (Wildman–Crippen MR) is 108 cm³/mol. The maximum Gasteiger partial charge on any atom is 0.161 e. The third-order valence-electron chi connectivity index (χ3n) is 4.52. The van der Waals surface area contributed by atoms with E-state index in [0.717, 1.165) is 35.6 Å². The second-order valence-corrected chi connectivity index (χ2v) is 6.47. The molecule has 1 aromatic heterocycles. The molecule has 27 heavy (non-hydrogen) atoms. The van der Waals surface area contributed by atoms with Crippen LogP contribution >= 0.6 is 0 Å². The van der Waals surface area contributed by atoms with E-state index in [1.807, 2.05) is 19.1 Å². The topological polar surface area (TPSA) is 67.3 Å². The van der Waals surface area contributed by atoms with Crippen molar-refractivity contribution in [1.29, 1.82) is 0 Å². The van der Waals surface area contributed by atoms with Gasteiger partial charge in [-0.3, -0.25) is 4.98 Å². The maximum atomic E-state index is 9.81. The molecule has 3 rings (SSSR count). The van der Waals surface area contributed by atoms with Crippen molar-refractivity contribution in [3.8, 4) is 22.8 Å². The Kier molecular flexibility index (Phi) is 5.91. The Morgan fingerprint density at radius 2 is 1.93 bits per heavy atom. The van der Waals surface area contributed by atoms with Gasteiger partial charge in [-0.15, -0.1) is 0 Å². The van der Waals surface area contributed by atoms with Crippen LogP contribution in [0.3, 0.4) is 0 Å². The zero-order chi connectivity index (χ0) is 19.2. The highest BCUT2D eigenvalue weighted by Crippen LogP contribution is 2.32. The van der Waals surface area contributed by atoms with Crippen molar-refractivity contribution in [2.75, 3.05) is 12.4 Å². The number of nitrogens with zero attached hydrogens (tertiary/aromatic N) is 2. The summed E-state index contributed by atoms with van der Waals surface area (Å²) in [4.78, 5) is 9.30. The van der Waals surface area contributed by atoms with E-state index in [4.69, 9.17) is 9.72 Å². The number of hydrogen-bond donors (Lipinski definition) is 2. The van der Waals surface area contributed by atoms with Crippen LogP contribution in [0.1, 0.15) is 37.1 Å². The number of phenols is 1. The van der Waals surface area contributed by atoms with Gasteiger partial charge in [-0.2, -0.15) is 0 Å². The Morgan fingerprint density at radius 3 is 2.63 bits per heavy atom. The van der Waals surface area contributed by atoms with Crippen LogP contribution in [-0.4, -0.2) is 22.2 Å². The molecule has 0 bridgehead atoms. The first kappa shape index (κ1) is 18.7. The van der Waals surface area contributed by atoms with Crippen LogP contribution in [0, 0.1) is 6.92 Å². The van der Waals surface area contributed by atoms with Crippen LogP contribution < -0.4 is 10.1 Å². The molecule has 0 radical (unpaired) electrons. The van der Waals surface area contributed by atoms with Crippen LogP contribution in [0.25, 0.3) is 11.3 Å². The number of nitrogens with one attached hydrogen (secondary N) is 1. The fourth-order valence-corrected chi connectivity index (χ4v) is 3.02. The zero-order valence-corrected chi connectivity index (χ0v) is 15.9. The monoisotopic (exact) mass is 363 g/mol. The van der Waals surface area contributed by atoms with Crippen LogP contribution in [0.2, 0.25) is 0 Å². The van der Waals surface area contributed by atoms with E-state index in [9.17, 15) is 5.11 Å². The Labute approximate surface area is 160 Å². The van der Waals surface area contributed by atoms with Crippen LogP contribution in [0.4, 0.5) is 5.82 Å². The first-order chi connectivity index (χ1) is 13.1. The molecule has 1 heterocycles. The van der Waals surface area contributed by atoms with Crippen molar-refractivity contribution in [2.24, 2.45) is 0 Å². The number of aryl methyl sites for hydroxylation is 1. The van der Waals surface area contributed by atoms with Crippen molar-refractivity contribution in [2.45, 2.75) is 32.7 Å². The largest absolute Gasteiger partial charge is 0.504 e. The number of anilines is 1. The third-order valence-corrected chi connectivity index (χ3v) is 4.52. The molecule has 3 aromatic rings. The molecule has 2 N–H and O–H groups in total. The molecule has 0 aliphatic rings.